The molecule has 0 heterocycles. The largest absolute Gasteiger partial charge is 0.353 e. The maximum atomic E-state index is 5.89. The standard InChI is InChI=1S/C16H35IO2Si/c1-3-5-12-18-16(19-13-6-4-2)15-20-14-10-8-7-9-11-17/h16H,3-15,20H2,1-2H3. The fourth-order valence-corrected chi connectivity index (χ4v) is 4.25. The minimum atomic E-state index is 0.00923. The van der Waals surface area contributed by atoms with Crippen molar-refractivity contribution in [1.29, 1.82) is 0 Å². The summed E-state index contributed by atoms with van der Waals surface area (Å²) in [6.07, 6.45) is 10.5. The Morgan fingerprint density at radius 3 is 2.00 bits per heavy atom. The molecule has 0 radical (unpaired) electrons. The number of halogens is 1. The van der Waals surface area contributed by atoms with Crippen LogP contribution < -0.4 is 0 Å². The second-order valence-electron chi connectivity index (χ2n) is 5.48. The second kappa shape index (κ2) is 17.9. The highest BCUT2D eigenvalue weighted by Gasteiger charge is 2.09. The SMILES string of the molecule is CCCCOC(C[SiH2]CCCCCCI)OCCCC. The molecule has 0 aliphatic heterocycles. The Labute approximate surface area is 142 Å². The molecule has 0 aromatic carbocycles. The number of unbranched alkanes of at least 4 members (excludes halogenated alkanes) is 5. The summed E-state index contributed by atoms with van der Waals surface area (Å²) in [5.41, 5.74) is 0. The van der Waals surface area contributed by atoms with Crippen molar-refractivity contribution >= 4 is 32.1 Å². The lowest BCUT2D eigenvalue weighted by atomic mass is 10.2. The number of hydrogen-bond donors (Lipinski definition) is 0. The smallest absolute Gasteiger partial charge is 0.154 e. The zero-order valence-electron chi connectivity index (χ0n) is 13.7. The van der Waals surface area contributed by atoms with Gasteiger partial charge >= 0.3 is 0 Å². The molecule has 0 aliphatic rings. The van der Waals surface area contributed by atoms with E-state index in [9.17, 15) is 0 Å². The van der Waals surface area contributed by atoms with Gasteiger partial charge in [0.15, 0.2) is 6.29 Å². The molecule has 0 bridgehead atoms. The first-order valence-electron chi connectivity index (χ1n) is 8.64. The Morgan fingerprint density at radius 2 is 1.45 bits per heavy atom. The van der Waals surface area contributed by atoms with Crippen LogP contribution >= 0.6 is 22.6 Å². The van der Waals surface area contributed by atoms with Gasteiger partial charge in [0, 0.05) is 22.7 Å². The summed E-state index contributed by atoms with van der Waals surface area (Å²) in [4.78, 5) is 0. The van der Waals surface area contributed by atoms with Gasteiger partial charge in [-0.15, -0.1) is 0 Å². The molecule has 0 atom stereocenters. The lowest BCUT2D eigenvalue weighted by molar-refractivity contribution is -0.131. The van der Waals surface area contributed by atoms with Crippen molar-refractivity contribution in [2.45, 2.75) is 83.6 Å². The number of hydrogen-bond acceptors (Lipinski definition) is 2. The fourth-order valence-electron chi connectivity index (χ4n) is 2.05. The van der Waals surface area contributed by atoms with Crippen LogP contribution in [0.3, 0.4) is 0 Å². The van der Waals surface area contributed by atoms with Crippen molar-refractivity contribution in [3.63, 3.8) is 0 Å². The molecule has 4 heteroatoms. The fraction of sp³-hybridized carbons (Fsp3) is 1.00. The average Bonchev–Trinajstić information content (AvgIpc) is 2.46. The van der Waals surface area contributed by atoms with E-state index in [1.165, 1.54) is 55.0 Å². The van der Waals surface area contributed by atoms with Crippen LogP contribution in [0.2, 0.25) is 12.1 Å². The third-order valence-corrected chi connectivity index (χ3v) is 6.07. The van der Waals surface area contributed by atoms with Crippen molar-refractivity contribution in [2.75, 3.05) is 17.6 Å². The van der Waals surface area contributed by atoms with Gasteiger partial charge in [0.25, 0.3) is 0 Å². The molecule has 0 aliphatic carbocycles. The molecule has 0 rings (SSSR count). The summed E-state index contributed by atoms with van der Waals surface area (Å²) in [6.45, 7) is 6.16. The monoisotopic (exact) mass is 414 g/mol. The summed E-state index contributed by atoms with van der Waals surface area (Å²) in [7, 11) is 0.00923. The summed E-state index contributed by atoms with van der Waals surface area (Å²) in [5, 5.41) is 0. The highest BCUT2D eigenvalue weighted by atomic mass is 127. The van der Waals surface area contributed by atoms with E-state index in [4.69, 9.17) is 9.47 Å². The molecule has 2 nitrogen and oxygen atoms in total. The highest BCUT2D eigenvalue weighted by molar-refractivity contribution is 14.1. The van der Waals surface area contributed by atoms with Gasteiger partial charge in [-0.05, 0) is 29.7 Å². The normalized spacial score (nSPS) is 12.0. The van der Waals surface area contributed by atoms with Gasteiger partial charge in [0.05, 0.1) is 0 Å². The van der Waals surface area contributed by atoms with E-state index < -0.39 is 0 Å². The zero-order valence-corrected chi connectivity index (χ0v) is 17.2. The van der Waals surface area contributed by atoms with Gasteiger partial charge in [-0.2, -0.15) is 0 Å². The molecular weight excluding hydrogens is 379 g/mol. The molecule has 0 spiro atoms. The van der Waals surface area contributed by atoms with Crippen molar-refractivity contribution in [3.05, 3.63) is 0 Å². The van der Waals surface area contributed by atoms with E-state index in [0.29, 0.717) is 0 Å². The molecule has 0 saturated heterocycles. The van der Waals surface area contributed by atoms with E-state index in [0.717, 1.165) is 26.1 Å². The molecule has 0 N–H and O–H groups in total. The molecule has 0 amide bonds. The van der Waals surface area contributed by atoms with Gasteiger partial charge in [0.2, 0.25) is 0 Å². The van der Waals surface area contributed by atoms with E-state index >= 15 is 0 Å². The predicted molar refractivity (Wildman–Crippen MR) is 101 cm³/mol. The first-order chi connectivity index (χ1) is 9.85. The van der Waals surface area contributed by atoms with Crippen LogP contribution in [0.25, 0.3) is 0 Å². The Hall–Kier alpha value is 0.867. The lowest BCUT2D eigenvalue weighted by Gasteiger charge is -2.18. The topological polar surface area (TPSA) is 18.5 Å². The van der Waals surface area contributed by atoms with Gasteiger partial charge in [0.1, 0.15) is 0 Å². The van der Waals surface area contributed by atoms with Crippen LogP contribution in [-0.2, 0) is 9.47 Å². The Bertz CT molecular complexity index is 172. The van der Waals surface area contributed by atoms with Gasteiger partial charge in [-0.25, -0.2) is 0 Å². The summed E-state index contributed by atoms with van der Waals surface area (Å²) >= 11 is 2.47. The Kier molecular flexibility index (Phi) is 18.7. The molecule has 0 aromatic rings. The third-order valence-electron chi connectivity index (χ3n) is 3.43. The van der Waals surface area contributed by atoms with Crippen LogP contribution in [-0.4, -0.2) is 33.5 Å². The van der Waals surface area contributed by atoms with Crippen molar-refractivity contribution in [2.24, 2.45) is 0 Å². The first-order valence-corrected chi connectivity index (χ1v) is 12.2. The molecular formula is C16H35IO2Si. The molecule has 0 aromatic heterocycles. The van der Waals surface area contributed by atoms with E-state index in [-0.39, 0.29) is 15.8 Å². The maximum Gasteiger partial charge on any atom is 0.154 e. The van der Waals surface area contributed by atoms with E-state index in [1.54, 1.807) is 0 Å². The molecule has 0 unspecified atom stereocenters. The van der Waals surface area contributed by atoms with Crippen molar-refractivity contribution in [3.8, 4) is 0 Å². The summed E-state index contributed by atoms with van der Waals surface area (Å²) < 4.78 is 13.1. The predicted octanol–water partition coefficient (Wildman–Crippen LogP) is 4.95. The number of alkyl halides is 1. The minimum absolute atomic E-state index is 0.00923. The molecule has 122 valence electrons. The van der Waals surface area contributed by atoms with Gasteiger partial charge in [-0.1, -0.05) is 74.6 Å². The molecule has 0 saturated carbocycles. The van der Waals surface area contributed by atoms with Gasteiger partial charge in [-0.3, -0.25) is 0 Å². The number of ether oxygens (including phenoxy) is 2. The lowest BCUT2D eigenvalue weighted by Crippen LogP contribution is -2.20. The molecule has 20 heavy (non-hydrogen) atoms. The van der Waals surface area contributed by atoms with E-state index in [2.05, 4.69) is 36.4 Å². The molecule has 0 fully saturated rings. The Morgan fingerprint density at radius 1 is 0.850 bits per heavy atom. The maximum absolute atomic E-state index is 5.89. The summed E-state index contributed by atoms with van der Waals surface area (Å²) in [6, 6.07) is 2.67. The Balaban J connectivity index is 3.56. The highest BCUT2D eigenvalue weighted by Crippen LogP contribution is 2.09. The van der Waals surface area contributed by atoms with Crippen molar-refractivity contribution in [1.82, 2.24) is 0 Å². The number of rotatable bonds is 16. The van der Waals surface area contributed by atoms with Crippen LogP contribution in [0.15, 0.2) is 0 Å². The van der Waals surface area contributed by atoms with Crippen LogP contribution in [0.4, 0.5) is 0 Å². The van der Waals surface area contributed by atoms with Crippen LogP contribution in [0.1, 0.15) is 65.2 Å². The quantitative estimate of drug-likeness (QED) is 0.117. The van der Waals surface area contributed by atoms with Crippen LogP contribution in [0, 0.1) is 0 Å². The summed E-state index contributed by atoms with van der Waals surface area (Å²) in [5.74, 6) is 0. The minimum Gasteiger partial charge on any atom is -0.353 e. The third kappa shape index (κ3) is 15.3. The van der Waals surface area contributed by atoms with Crippen molar-refractivity contribution < 1.29 is 9.47 Å². The zero-order chi connectivity index (χ0) is 14.9. The van der Waals surface area contributed by atoms with Crippen LogP contribution in [0.5, 0.6) is 0 Å². The first kappa shape index (κ1) is 20.9. The second-order valence-corrected chi connectivity index (χ2v) is 8.55. The average molecular weight is 414 g/mol. The van der Waals surface area contributed by atoms with Gasteiger partial charge < -0.3 is 9.47 Å². The van der Waals surface area contributed by atoms with E-state index in [1.807, 2.05) is 0 Å².